The van der Waals surface area contributed by atoms with Gasteiger partial charge in [0, 0.05) is 18.7 Å². The Morgan fingerprint density at radius 2 is 2.24 bits per heavy atom. The van der Waals surface area contributed by atoms with Crippen LogP contribution in [0, 0.1) is 11.6 Å². The summed E-state index contributed by atoms with van der Waals surface area (Å²) in [6.07, 6.45) is -0.301. The first-order valence-corrected chi connectivity index (χ1v) is 5.59. The topological polar surface area (TPSA) is 38.5 Å². The average molecular weight is 242 g/mol. The molecule has 1 aliphatic heterocycles. The maximum Gasteiger partial charge on any atom is 0.163 e. The standard InChI is InChI=1S/C12H16F2N2O/c1-16-5-6-17-10(7-16)12(15)8-3-2-4-9(13)11(8)14/h2-4,10,12H,5-7,15H2,1H3. The zero-order valence-corrected chi connectivity index (χ0v) is 9.70. The van der Waals surface area contributed by atoms with Gasteiger partial charge in [0.15, 0.2) is 11.6 Å². The number of morpholine rings is 1. The molecule has 0 aromatic heterocycles. The van der Waals surface area contributed by atoms with Crippen LogP contribution in [0.15, 0.2) is 18.2 Å². The fourth-order valence-electron chi connectivity index (χ4n) is 2.01. The Bertz CT molecular complexity index is 400. The zero-order chi connectivity index (χ0) is 12.4. The molecule has 1 heterocycles. The van der Waals surface area contributed by atoms with Gasteiger partial charge >= 0.3 is 0 Å². The molecule has 2 unspecified atom stereocenters. The Labute approximate surface area is 99.2 Å². The van der Waals surface area contributed by atoms with Crippen molar-refractivity contribution < 1.29 is 13.5 Å². The third-order valence-electron chi connectivity index (χ3n) is 3.04. The summed E-state index contributed by atoms with van der Waals surface area (Å²) < 4.78 is 32.2. The molecule has 0 bridgehead atoms. The predicted molar refractivity (Wildman–Crippen MR) is 60.5 cm³/mol. The number of likely N-dealkylation sites (N-methyl/N-ethyl adjacent to an activating group) is 1. The molecule has 0 radical (unpaired) electrons. The Morgan fingerprint density at radius 1 is 1.47 bits per heavy atom. The molecular weight excluding hydrogens is 226 g/mol. The number of hydrogen-bond donors (Lipinski definition) is 1. The summed E-state index contributed by atoms with van der Waals surface area (Å²) in [5.74, 6) is -1.75. The number of hydrogen-bond acceptors (Lipinski definition) is 3. The fourth-order valence-corrected chi connectivity index (χ4v) is 2.01. The number of ether oxygens (including phenoxy) is 1. The number of nitrogens with two attached hydrogens (primary N) is 1. The van der Waals surface area contributed by atoms with Gasteiger partial charge in [-0.05, 0) is 13.1 Å². The molecule has 3 nitrogen and oxygen atoms in total. The van der Waals surface area contributed by atoms with E-state index in [0.717, 1.165) is 12.6 Å². The van der Waals surface area contributed by atoms with Gasteiger partial charge < -0.3 is 15.4 Å². The molecule has 2 N–H and O–H groups in total. The second-order valence-corrected chi connectivity index (χ2v) is 4.34. The Kier molecular flexibility index (Phi) is 3.71. The lowest BCUT2D eigenvalue weighted by Gasteiger charge is -2.33. The van der Waals surface area contributed by atoms with Gasteiger partial charge in [0.25, 0.3) is 0 Å². The van der Waals surface area contributed by atoms with Crippen molar-refractivity contribution in [2.24, 2.45) is 5.73 Å². The zero-order valence-electron chi connectivity index (χ0n) is 9.70. The summed E-state index contributed by atoms with van der Waals surface area (Å²) in [6.45, 7) is 2.01. The largest absolute Gasteiger partial charge is 0.374 e. The van der Waals surface area contributed by atoms with E-state index in [2.05, 4.69) is 4.90 Å². The lowest BCUT2D eigenvalue weighted by molar-refractivity contribution is -0.0331. The van der Waals surface area contributed by atoms with E-state index < -0.39 is 17.7 Å². The number of halogens is 2. The number of nitrogens with zero attached hydrogens (tertiary/aromatic N) is 1. The summed E-state index contributed by atoms with van der Waals surface area (Å²) in [4.78, 5) is 2.06. The van der Waals surface area contributed by atoms with Crippen molar-refractivity contribution in [1.82, 2.24) is 4.90 Å². The maximum absolute atomic E-state index is 13.6. The van der Waals surface area contributed by atoms with Crippen LogP contribution in [0.1, 0.15) is 11.6 Å². The SMILES string of the molecule is CN1CCOC(C(N)c2cccc(F)c2F)C1. The van der Waals surface area contributed by atoms with Gasteiger partial charge in [0.05, 0.1) is 18.8 Å². The van der Waals surface area contributed by atoms with Crippen LogP contribution < -0.4 is 5.73 Å². The summed E-state index contributed by atoms with van der Waals surface area (Å²) in [7, 11) is 1.95. The molecular formula is C12H16F2N2O. The van der Waals surface area contributed by atoms with E-state index in [-0.39, 0.29) is 11.7 Å². The van der Waals surface area contributed by atoms with Gasteiger partial charge in [-0.1, -0.05) is 12.1 Å². The summed E-state index contributed by atoms with van der Waals surface area (Å²) in [5.41, 5.74) is 6.11. The van der Waals surface area contributed by atoms with E-state index in [0.29, 0.717) is 13.2 Å². The molecule has 2 atom stereocenters. The second-order valence-electron chi connectivity index (χ2n) is 4.34. The maximum atomic E-state index is 13.6. The quantitative estimate of drug-likeness (QED) is 0.849. The smallest absolute Gasteiger partial charge is 0.163 e. The van der Waals surface area contributed by atoms with Crippen LogP contribution in [0.4, 0.5) is 8.78 Å². The van der Waals surface area contributed by atoms with Crippen LogP contribution in [0.5, 0.6) is 0 Å². The predicted octanol–water partition coefficient (Wildman–Crippen LogP) is 1.30. The molecule has 2 rings (SSSR count). The van der Waals surface area contributed by atoms with Crippen LogP contribution in [-0.4, -0.2) is 37.7 Å². The first-order chi connectivity index (χ1) is 8.09. The Hall–Kier alpha value is -1.04. The van der Waals surface area contributed by atoms with Gasteiger partial charge in [-0.25, -0.2) is 8.78 Å². The van der Waals surface area contributed by atoms with Gasteiger partial charge in [-0.2, -0.15) is 0 Å². The van der Waals surface area contributed by atoms with Crippen molar-refractivity contribution in [3.63, 3.8) is 0 Å². The van der Waals surface area contributed by atoms with Gasteiger partial charge in [-0.15, -0.1) is 0 Å². The van der Waals surface area contributed by atoms with E-state index in [1.54, 1.807) is 0 Å². The van der Waals surface area contributed by atoms with Gasteiger partial charge in [0.2, 0.25) is 0 Å². The molecule has 1 aliphatic rings. The van der Waals surface area contributed by atoms with Gasteiger partial charge in [0.1, 0.15) is 0 Å². The number of rotatable bonds is 2. The monoisotopic (exact) mass is 242 g/mol. The Morgan fingerprint density at radius 3 is 2.94 bits per heavy atom. The molecule has 0 spiro atoms. The van der Waals surface area contributed by atoms with Crippen molar-refractivity contribution in [1.29, 1.82) is 0 Å². The molecule has 1 aromatic rings. The van der Waals surface area contributed by atoms with Gasteiger partial charge in [-0.3, -0.25) is 0 Å². The average Bonchev–Trinajstić information content (AvgIpc) is 2.32. The lowest BCUT2D eigenvalue weighted by Crippen LogP contribution is -2.45. The molecule has 0 amide bonds. The number of benzene rings is 1. The van der Waals surface area contributed by atoms with Crippen LogP contribution in [0.2, 0.25) is 0 Å². The minimum absolute atomic E-state index is 0.172. The van der Waals surface area contributed by atoms with E-state index in [1.807, 2.05) is 7.05 Å². The highest BCUT2D eigenvalue weighted by molar-refractivity contribution is 5.23. The molecule has 0 saturated carbocycles. The van der Waals surface area contributed by atoms with Crippen molar-refractivity contribution in [2.75, 3.05) is 26.7 Å². The van der Waals surface area contributed by atoms with Crippen molar-refractivity contribution >= 4 is 0 Å². The molecule has 1 saturated heterocycles. The summed E-state index contributed by atoms with van der Waals surface area (Å²) >= 11 is 0. The summed E-state index contributed by atoms with van der Waals surface area (Å²) in [5, 5.41) is 0. The molecule has 17 heavy (non-hydrogen) atoms. The minimum atomic E-state index is -0.878. The third kappa shape index (κ3) is 2.62. The van der Waals surface area contributed by atoms with E-state index in [1.165, 1.54) is 12.1 Å². The highest BCUT2D eigenvalue weighted by Crippen LogP contribution is 2.23. The van der Waals surface area contributed by atoms with Crippen LogP contribution in [-0.2, 0) is 4.74 Å². The molecule has 1 aromatic carbocycles. The van der Waals surface area contributed by atoms with E-state index in [9.17, 15) is 8.78 Å². The first kappa shape index (κ1) is 12.4. The lowest BCUT2D eigenvalue weighted by atomic mass is 10.0. The second kappa shape index (κ2) is 5.08. The van der Waals surface area contributed by atoms with Crippen LogP contribution >= 0.6 is 0 Å². The summed E-state index contributed by atoms with van der Waals surface area (Å²) in [6, 6.07) is 3.40. The van der Waals surface area contributed by atoms with Crippen LogP contribution in [0.3, 0.4) is 0 Å². The normalized spacial score (nSPS) is 23.6. The highest BCUT2D eigenvalue weighted by atomic mass is 19.2. The van der Waals surface area contributed by atoms with E-state index in [4.69, 9.17) is 10.5 Å². The first-order valence-electron chi connectivity index (χ1n) is 5.59. The van der Waals surface area contributed by atoms with Crippen molar-refractivity contribution in [3.05, 3.63) is 35.4 Å². The fraction of sp³-hybridized carbons (Fsp3) is 0.500. The molecule has 5 heteroatoms. The minimum Gasteiger partial charge on any atom is -0.374 e. The molecule has 94 valence electrons. The van der Waals surface area contributed by atoms with Crippen molar-refractivity contribution in [3.8, 4) is 0 Å². The Balaban J connectivity index is 2.18. The molecule has 1 fully saturated rings. The third-order valence-corrected chi connectivity index (χ3v) is 3.04. The van der Waals surface area contributed by atoms with Crippen LogP contribution in [0.25, 0.3) is 0 Å². The van der Waals surface area contributed by atoms with Crippen molar-refractivity contribution in [2.45, 2.75) is 12.1 Å². The molecule has 0 aliphatic carbocycles. The van der Waals surface area contributed by atoms with E-state index >= 15 is 0 Å². The highest BCUT2D eigenvalue weighted by Gasteiger charge is 2.27.